The molecule has 0 unspecified atom stereocenters. The zero-order valence-electron chi connectivity index (χ0n) is 23.9. The van der Waals surface area contributed by atoms with Crippen molar-refractivity contribution in [3.63, 3.8) is 0 Å². The van der Waals surface area contributed by atoms with Crippen LogP contribution in [0.1, 0.15) is 44.1 Å². The maximum absolute atomic E-state index is 13.0. The Morgan fingerprint density at radius 1 is 0.951 bits per heavy atom. The molecule has 5 rings (SSSR count). The lowest BCUT2D eigenvalue weighted by Crippen LogP contribution is -2.55. The van der Waals surface area contributed by atoms with E-state index in [2.05, 4.69) is 32.3 Å². The van der Waals surface area contributed by atoms with Gasteiger partial charge in [-0.1, -0.05) is 54.4 Å². The molecule has 2 aliphatic rings. The van der Waals surface area contributed by atoms with Crippen molar-refractivity contribution in [1.29, 1.82) is 0 Å². The van der Waals surface area contributed by atoms with Gasteiger partial charge in [0.25, 0.3) is 0 Å². The van der Waals surface area contributed by atoms with E-state index in [9.17, 15) is 4.79 Å². The number of amides is 1. The molecule has 1 aliphatic carbocycles. The largest absolute Gasteiger partial charge is 0.493 e. The van der Waals surface area contributed by atoms with E-state index in [4.69, 9.17) is 21.1 Å². The van der Waals surface area contributed by atoms with Gasteiger partial charge in [-0.05, 0) is 86.5 Å². The Labute approximate surface area is 252 Å². The monoisotopic (exact) mass is 594 g/mol. The van der Waals surface area contributed by atoms with Gasteiger partial charge < -0.3 is 14.8 Å². The van der Waals surface area contributed by atoms with Crippen molar-refractivity contribution in [3.05, 3.63) is 65.4 Å². The molecule has 7 nitrogen and oxygen atoms in total. The maximum atomic E-state index is 13.0. The summed E-state index contributed by atoms with van der Waals surface area (Å²) in [7, 11) is 3.23. The predicted octanol–water partition coefficient (Wildman–Crippen LogP) is 6.29. The number of hydrogen-bond acceptors (Lipinski definition) is 7. The molecule has 2 aromatic carbocycles. The van der Waals surface area contributed by atoms with Gasteiger partial charge in [-0.25, -0.2) is 9.97 Å². The van der Waals surface area contributed by atoms with Crippen LogP contribution >= 0.6 is 23.4 Å². The van der Waals surface area contributed by atoms with Crippen molar-refractivity contribution in [2.75, 3.05) is 33.1 Å². The smallest absolute Gasteiger partial charge is 0.230 e. The first kappa shape index (κ1) is 29.7. The standard InChI is InChI=1S/C32H39ClN4O3S/c1-39-29-12-9-24(18-30(29)40-2)25-19-34-32(35-20-25)41-21-31(38)36-27-5-3-4-6-28(27)37-15-13-23(14-16-37)17-22-7-10-26(33)11-8-22/h7-12,18-20,23,27-28H,3-6,13-17,21H2,1-2H3,(H,36,38)/t27-,28-/m1/s1. The third kappa shape index (κ3) is 7.93. The number of thioether (sulfide) groups is 1. The average molecular weight is 595 g/mol. The van der Waals surface area contributed by atoms with Gasteiger partial charge in [-0.2, -0.15) is 0 Å². The number of aromatic nitrogens is 2. The minimum absolute atomic E-state index is 0.0529. The van der Waals surface area contributed by atoms with Crippen LogP contribution in [0, 0.1) is 5.92 Å². The molecular weight excluding hydrogens is 556 g/mol. The quantitative estimate of drug-likeness (QED) is 0.218. The van der Waals surface area contributed by atoms with E-state index in [0.29, 0.717) is 34.4 Å². The number of hydrogen-bond donors (Lipinski definition) is 1. The summed E-state index contributed by atoms with van der Waals surface area (Å²) in [6.45, 7) is 2.20. The van der Waals surface area contributed by atoms with Gasteiger partial charge in [0, 0.05) is 35.1 Å². The minimum atomic E-state index is 0.0529. The third-order valence-corrected chi connectivity index (χ3v) is 9.44. The summed E-state index contributed by atoms with van der Waals surface area (Å²) >= 11 is 7.43. The first-order valence-electron chi connectivity index (χ1n) is 14.5. The molecule has 1 N–H and O–H groups in total. The summed E-state index contributed by atoms with van der Waals surface area (Å²) in [4.78, 5) is 24.6. The topological polar surface area (TPSA) is 76.6 Å². The number of carbonyl (C=O) groups excluding carboxylic acids is 1. The normalized spacial score (nSPS) is 20.0. The van der Waals surface area contributed by atoms with Crippen molar-refractivity contribution in [2.24, 2.45) is 5.92 Å². The Bertz CT molecular complexity index is 1280. The molecule has 3 aromatic rings. The van der Waals surface area contributed by atoms with Crippen LogP contribution in [0.4, 0.5) is 0 Å². The van der Waals surface area contributed by atoms with E-state index in [0.717, 1.165) is 48.5 Å². The van der Waals surface area contributed by atoms with E-state index >= 15 is 0 Å². The lowest BCUT2D eigenvalue weighted by Gasteiger charge is -2.43. The van der Waals surface area contributed by atoms with Gasteiger partial charge in [-0.15, -0.1) is 0 Å². The fourth-order valence-corrected chi connectivity index (χ4v) is 6.82. The van der Waals surface area contributed by atoms with Crippen molar-refractivity contribution in [2.45, 2.75) is 62.2 Å². The van der Waals surface area contributed by atoms with Gasteiger partial charge in [0.15, 0.2) is 16.7 Å². The van der Waals surface area contributed by atoms with E-state index in [1.807, 2.05) is 30.3 Å². The van der Waals surface area contributed by atoms with Gasteiger partial charge in [0.1, 0.15) is 0 Å². The second-order valence-electron chi connectivity index (χ2n) is 10.9. The second kappa shape index (κ2) is 14.4. The van der Waals surface area contributed by atoms with Crippen molar-refractivity contribution in [1.82, 2.24) is 20.2 Å². The van der Waals surface area contributed by atoms with Crippen LogP contribution in [0.3, 0.4) is 0 Å². The van der Waals surface area contributed by atoms with Gasteiger partial charge in [0.05, 0.1) is 20.0 Å². The van der Waals surface area contributed by atoms with E-state index in [1.54, 1.807) is 26.6 Å². The molecule has 2 heterocycles. The summed E-state index contributed by atoms with van der Waals surface area (Å²) in [6.07, 6.45) is 11.7. The number of ether oxygens (including phenoxy) is 2. The molecule has 0 radical (unpaired) electrons. The Balaban J connectivity index is 1.10. The number of carbonyl (C=O) groups is 1. The number of piperidine rings is 1. The molecule has 1 aliphatic heterocycles. The number of likely N-dealkylation sites (tertiary alicyclic amines) is 1. The fraction of sp³-hybridized carbons (Fsp3) is 0.469. The second-order valence-corrected chi connectivity index (χ2v) is 12.3. The van der Waals surface area contributed by atoms with Crippen LogP contribution in [-0.2, 0) is 11.2 Å². The van der Waals surface area contributed by atoms with Crippen LogP contribution < -0.4 is 14.8 Å². The molecule has 0 spiro atoms. The van der Waals surface area contributed by atoms with Crippen LogP contribution in [0.2, 0.25) is 5.02 Å². The first-order chi connectivity index (χ1) is 20.0. The van der Waals surface area contributed by atoms with Gasteiger partial charge in [-0.3, -0.25) is 9.69 Å². The fourth-order valence-electron chi connectivity index (χ4n) is 6.09. The van der Waals surface area contributed by atoms with E-state index in [-0.39, 0.29) is 11.9 Å². The molecule has 1 amide bonds. The number of nitrogens with one attached hydrogen (secondary N) is 1. The Hall–Kier alpha value is -2.81. The first-order valence-corrected chi connectivity index (χ1v) is 15.8. The summed E-state index contributed by atoms with van der Waals surface area (Å²) in [5.74, 6) is 2.40. The van der Waals surface area contributed by atoms with Crippen LogP contribution in [0.25, 0.3) is 11.1 Å². The highest BCUT2D eigenvalue weighted by Gasteiger charge is 2.33. The molecule has 218 valence electrons. The van der Waals surface area contributed by atoms with Crippen molar-refractivity contribution >= 4 is 29.3 Å². The Kier molecular flexibility index (Phi) is 10.4. The Morgan fingerprint density at radius 2 is 1.66 bits per heavy atom. The SMILES string of the molecule is COc1ccc(-c2cnc(SCC(=O)N[C@@H]3CCCC[C@H]3N3CCC(Cc4ccc(Cl)cc4)CC3)nc2)cc1OC. The van der Waals surface area contributed by atoms with Crippen molar-refractivity contribution < 1.29 is 14.3 Å². The Morgan fingerprint density at radius 3 is 2.37 bits per heavy atom. The molecule has 41 heavy (non-hydrogen) atoms. The highest BCUT2D eigenvalue weighted by Crippen LogP contribution is 2.32. The number of nitrogens with zero attached hydrogens (tertiary/aromatic N) is 3. The highest BCUT2D eigenvalue weighted by atomic mass is 35.5. The summed E-state index contributed by atoms with van der Waals surface area (Å²) in [6, 6.07) is 14.6. The van der Waals surface area contributed by atoms with Crippen molar-refractivity contribution in [3.8, 4) is 22.6 Å². The molecule has 1 aromatic heterocycles. The number of halogens is 1. The number of methoxy groups -OCH3 is 2. The predicted molar refractivity (Wildman–Crippen MR) is 165 cm³/mol. The lowest BCUT2D eigenvalue weighted by atomic mass is 9.85. The van der Waals surface area contributed by atoms with E-state index in [1.165, 1.54) is 43.0 Å². The van der Waals surface area contributed by atoms with E-state index < -0.39 is 0 Å². The molecule has 9 heteroatoms. The number of rotatable bonds is 10. The summed E-state index contributed by atoms with van der Waals surface area (Å²) in [5.41, 5.74) is 3.18. The molecule has 2 atom stereocenters. The van der Waals surface area contributed by atoms with Gasteiger partial charge >= 0.3 is 0 Å². The van der Waals surface area contributed by atoms with Gasteiger partial charge in [0.2, 0.25) is 5.91 Å². The number of benzene rings is 2. The molecule has 0 bridgehead atoms. The van der Waals surface area contributed by atoms with Crippen LogP contribution in [0.5, 0.6) is 11.5 Å². The summed E-state index contributed by atoms with van der Waals surface area (Å²) < 4.78 is 10.7. The molecule has 1 saturated carbocycles. The lowest BCUT2D eigenvalue weighted by molar-refractivity contribution is -0.120. The maximum Gasteiger partial charge on any atom is 0.230 e. The van der Waals surface area contributed by atoms with Crippen LogP contribution in [-0.4, -0.2) is 65.9 Å². The zero-order chi connectivity index (χ0) is 28.6. The zero-order valence-corrected chi connectivity index (χ0v) is 25.4. The molecule has 1 saturated heterocycles. The van der Waals surface area contributed by atoms with Crippen LogP contribution in [0.15, 0.2) is 60.0 Å². The molecule has 2 fully saturated rings. The summed E-state index contributed by atoms with van der Waals surface area (Å²) in [5, 5.41) is 4.74. The third-order valence-electron chi connectivity index (χ3n) is 8.31. The highest BCUT2D eigenvalue weighted by molar-refractivity contribution is 7.99. The average Bonchev–Trinajstić information content (AvgIpc) is 3.02. The molecular formula is C32H39ClN4O3S. The minimum Gasteiger partial charge on any atom is -0.493 e.